The van der Waals surface area contributed by atoms with Crippen LogP contribution in [0.2, 0.25) is 0 Å². The Bertz CT molecular complexity index is 1210. The van der Waals surface area contributed by atoms with Crippen molar-refractivity contribution in [2.45, 2.75) is 44.2 Å². The maximum Gasteiger partial charge on any atom is 0.277 e. The van der Waals surface area contributed by atoms with E-state index in [0.29, 0.717) is 37.0 Å². The summed E-state index contributed by atoms with van der Waals surface area (Å²) in [7, 11) is 0. The van der Waals surface area contributed by atoms with Crippen molar-refractivity contribution in [1.29, 1.82) is 5.26 Å². The van der Waals surface area contributed by atoms with Crippen LogP contribution >= 0.6 is 0 Å². The molecule has 1 N–H and O–H groups in total. The molecule has 1 aliphatic rings. The van der Waals surface area contributed by atoms with Crippen molar-refractivity contribution in [2.75, 3.05) is 13.1 Å². The zero-order valence-electron chi connectivity index (χ0n) is 17.7. The van der Waals surface area contributed by atoms with Crippen LogP contribution < -0.4 is 5.56 Å². The Morgan fingerprint density at radius 2 is 1.90 bits per heavy atom. The van der Waals surface area contributed by atoms with Gasteiger partial charge in [0.15, 0.2) is 0 Å². The lowest BCUT2D eigenvalue weighted by molar-refractivity contribution is -0.0300. The minimum absolute atomic E-state index is 0.100. The zero-order chi connectivity index (χ0) is 22.2. The summed E-state index contributed by atoms with van der Waals surface area (Å²) in [5.74, 6) is -0.100. The second-order valence-corrected chi connectivity index (χ2v) is 8.73. The Labute approximate surface area is 180 Å². The normalized spacial score (nSPS) is 16.3. The highest BCUT2D eigenvalue weighted by Gasteiger charge is 2.35. The molecule has 0 saturated carbocycles. The van der Waals surface area contributed by atoms with Gasteiger partial charge >= 0.3 is 0 Å². The average molecular weight is 419 g/mol. The molecule has 160 valence electrons. The van der Waals surface area contributed by atoms with E-state index in [-0.39, 0.29) is 18.0 Å². The van der Waals surface area contributed by atoms with Gasteiger partial charge in [0.25, 0.3) is 11.5 Å². The highest BCUT2D eigenvalue weighted by atomic mass is 16.3. The Morgan fingerprint density at radius 1 is 1.23 bits per heavy atom. The monoisotopic (exact) mass is 419 g/mol. The highest BCUT2D eigenvalue weighted by molar-refractivity contribution is 5.94. The molecule has 3 heterocycles. The van der Waals surface area contributed by atoms with Gasteiger partial charge in [-0.15, -0.1) is 0 Å². The molecular weight excluding hydrogens is 394 g/mol. The smallest absolute Gasteiger partial charge is 0.277 e. The quantitative estimate of drug-likeness (QED) is 0.696. The predicted octanol–water partition coefficient (Wildman–Crippen LogP) is 1.96. The minimum atomic E-state index is -1.08. The number of carbonyl (C=O) groups excluding carboxylic acids is 1. The molecule has 1 fully saturated rings. The van der Waals surface area contributed by atoms with E-state index >= 15 is 0 Å². The fourth-order valence-electron chi connectivity index (χ4n) is 3.95. The molecule has 1 aliphatic heterocycles. The van der Waals surface area contributed by atoms with E-state index < -0.39 is 11.0 Å². The first kappa shape index (κ1) is 20.8. The molecule has 0 bridgehead atoms. The molecule has 1 aromatic carbocycles. The lowest BCUT2D eigenvalue weighted by Gasteiger charge is -2.38. The minimum Gasteiger partial charge on any atom is -0.388 e. The molecular formula is C23H25N5O3. The second kappa shape index (κ2) is 7.67. The van der Waals surface area contributed by atoms with Gasteiger partial charge in [0.05, 0.1) is 23.6 Å². The third-order valence-corrected chi connectivity index (χ3v) is 6.10. The summed E-state index contributed by atoms with van der Waals surface area (Å²) in [6.45, 7) is 4.61. The fraction of sp³-hybridized carbons (Fsp3) is 0.391. The van der Waals surface area contributed by atoms with Gasteiger partial charge in [0, 0.05) is 24.8 Å². The van der Waals surface area contributed by atoms with Crippen molar-refractivity contribution < 1.29 is 9.90 Å². The van der Waals surface area contributed by atoms with Crippen LogP contribution in [-0.2, 0) is 12.0 Å². The number of hydrogen-bond donors (Lipinski definition) is 1. The molecule has 8 heteroatoms. The number of benzene rings is 1. The van der Waals surface area contributed by atoms with E-state index in [0.717, 1.165) is 5.56 Å². The van der Waals surface area contributed by atoms with Gasteiger partial charge in [0.2, 0.25) is 0 Å². The van der Waals surface area contributed by atoms with Crippen LogP contribution in [0.3, 0.4) is 0 Å². The summed E-state index contributed by atoms with van der Waals surface area (Å²) < 4.78 is 2.94. The number of aliphatic hydroxyl groups is 1. The number of rotatable bonds is 4. The number of amides is 1. The summed E-state index contributed by atoms with van der Waals surface area (Å²) in [4.78, 5) is 27.2. The van der Waals surface area contributed by atoms with Crippen molar-refractivity contribution in [1.82, 2.24) is 19.1 Å². The van der Waals surface area contributed by atoms with E-state index in [9.17, 15) is 20.0 Å². The Hall–Kier alpha value is -3.44. The van der Waals surface area contributed by atoms with E-state index in [1.54, 1.807) is 35.4 Å². The number of carbonyl (C=O) groups is 1. The maximum absolute atomic E-state index is 12.9. The van der Waals surface area contributed by atoms with Gasteiger partial charge in [0.1, 0.15) is 11.8 Å². The number of nitrogens with zero attached hydrogens (tertiary/aromatic N) is 5. The SMILES string of the molecule is CC(C)(C#N)c1ccc(C(=O)N2CCC(O)(Cn3cnn4cccc4c3=O)CC2)cc1. The summed E-state index contributed by atoms with van der Waals surface area (Å²) in [6, 6.07) is 12.8. The van der Waals surface area contributed by atoms with Crippen LogP contribution in [0.15, 0.2) is 53.7 Å². The lowest BCUT2D eigenvalue weighted by atomic mass is 9.86. The molecule has 1 saturated heterocycles. The van der Waals surface area contributed by atoms with Crippen LogP contribution in [0.25, 0.3) is 5.52 Å². The number of fused-ring (bicyclic) bond motifs is 1. The third-order valence-electron chi connectivity index (χ3n) is 6.10. The van der Waals surface area contributed by atoms with Crippen LogP contribution in [0.4, 0.5) is 0 Å². The molecule has 8 nitrogen and oxygen atoms in total. The molecule has 2 aromatic heterocycles. The second-order valence-electron chi connectivity index (χ2n) is 8.73. The van der Waals surface area contributed by atoms with Gasteiger partial charge in [-0.1, -0.05) is 12.1 Å². The average Bonchev–Trinajstić information content (AvgIpc) is 3.25. The van der Waals surface area contributed by atoms with Gasteiger partial charge in [-0.3, -0.25) is 14.2 Å². The van der Waals surface area contributed by atoms with Crippen molar-refractivity contribution in [3.63, 3.8) is 0 Å². The standard InChI is InChI=1S/C23H25N5O3/c1-22(2,14-24)18-7-5-17(6-8-18)20(29)26-12-9-23(31,10-13-26)15-27-16-25-28-11-3-4-19(28)21(27)30/h3-8,11,16,31H,9-10,12-13,15H2,1-2H3. The molecule has 3 aromatic rings. The van der Waals surface area contributed by atoms with Crippen LogP contribution in [0, 0.1) is 11.3 Å². The molecule has 4 rings (SSSR count). The van der Waals surface area contributed by atoms with Gasteiger partial charge in [-0.25, -0.2) is 4.52 Å². The van der Waals surface area contributed by atoms with Gasteiger partial charge in [-0.05, 0) is 56.5 Å². The first-order valence-electron chi connectivity index (χ1n) is 10.3. The molecule has 0 aliphatic carbocycles. The Balaban J connectivity index is 1.42. The van der Waals surface area contributed by atoms with Gasteiger partial charge < -0.3 is 10.0 Å². The topological polar surface area (TPSA) is 104 Å². The summed E-state index contributed by atoms with van der Waals surface area (Å²) in [6.07, 6.45) is 3.89. The molecule has 31 heavy (non-hydrogen) atoms. The van der Waals surface area contributed by atoms with E-state index in [4.69, 9.17) is 0 Å². The van der Waals surface area contributed by atoms with E-state index in [1.807, 2.05) is 26.0 Å². The van der Waals surface area contributed by atoms with Crippen LogP contribution in [0.1, 0.15) is 42.6 Å². The van der Waals surface area contributed by atoms with Crippen molar-refractivity contribution >= 4 is 11.4 Å². The number of aromatic nitrogens is 3. The number of nitriles is 1. The van der Waals surface area contributed by atoms with Crippen molar-refractivity contribution in [3.8, 4) is 6.07 Å². The van der Waals surface area contributed by atoms with Gasteiger partial charge in [-0.2, -0.15) is 10.4 Å². The molecule has 0 spiro atoms. The Morgan fingerprint density at radius 3 is 2.55 bits per heavy atom. The first-order valence-corrected chi connectivity index (χ1v) is 10.3. The summed E-state index contributed by atoms with van der Waals surface area (Å²) >= 11 is 0. The summed E-state index contributed by atoms with van der Waals surface area (Å²) in [5.41, 5.74) is -0.0110. The fourth-order valence-corrected chi connectivity index (χ4v) is 3.95. The summed E-state index contributed by atoms with van der Waals surface area (Å²) in [5, 5.41) is 24.5. The molecule has 0 radical (unpaired) electrons. The largest absolute Gasteiger partial charge is 0.388 e. The van der Waals surface area contributed by atoms with Crippen LogP contribution in [-0.4, -0.2) is 48.8 Å². The van der Waals surface area contributed by atoms with Crippen molar-refractivity contribution in [3.05, 3.63) is 70.4 Å². The Kier molecular flexibility index (Phi) is 5.15. The number of piperidine rings is 1. The number of likely N-dealkylation sites (tertiary alicyclic amines) is 1. The lowest BCUT2D eigenvalue weighted by Crippen LogP contribution is -2.49. The molecule has 0 atom stereocenters. The third kappa shape index (κ3) is 3.97. The predicted molar refractivity (Wildman–Crippen MR) is 115 cm³/mol. The van der Waals surface area contributed by atoms with Crippen LogP contribution in [0.5, 0.6) is 0 Å². The van der Waals surface area contributed by atoms with Crippen molar-refractivity contribution in [2.24, 2.45) is 0 Å². The van der Waals surface area contributed by atoms with E-state index in [1.165, 1.54) is 15.4 Å². The zero-order valence-corrected chi connectivity index (χ0v) is 17.7. The van der Waals surface area contributed by atoms with E-state index in [2.05, 4.69) is 11.2 Å². The maximum atomic E-state index is 12.9. The highest BCUT2D eigenvalue weighted by Crippen LogP contribution is 2.26. The molecule has 0 unspecified atom stereocenters. The first-order chi connectivity index (χ1) is 14.7. The number of hydrogen-bond acceptors (Lipinski definition) is 5. The molecule has 1 amide bonds.